The molecule has 2 unspecified atom stereocenters. The molecule has 1 aliphatic heterocycles. The number of hydrogen-bond donors (Lipinski definition) is 5. The lowest BCUT2D eigenvalue weighted by Crippen LogP contribution is -2.61. The van der Waals surface area contributed by atoms with Gasteiger partial charge in [-0.25, -0.2) is 4.79 Å². The minimum absolute atomic E-state index is 0.0529. The minimum Gasteiger partial charge on any atom is -0.422 e. The van der Waals surface area contributed by atoms with E-state index in [0.717, 1.165) is 0 Å². The Morgan fingerprint density at radius 3 is 2.58 bits per heavy atom. The molecule has 5 N–H and O–H groups in total. The first-order valence-electron chi connectivity index (χ1n) is 7.97. The molecule has 5 atom stereocenters. The van der Waals surface area contributed by atoms with Crippen molar-refractivity contribution in [1.82, 2.24) is 0 Å². The molecule has 0 bridgehead atoms. The number of aliphatic hydroxyl groups is 4. The first-order chi connectivity index (χ1) is 12.3. The Balaban J connectivity index is 1.88. The maximum Gasteiger partial charge on any atom is 0.347 e. The summed E-state index contributed by atoms with van der Waals surface area (Å²) in [6.07, 6.45) is -5.37. The number of rotatable bonds is 4. The summed E-state index contributed by atoms with van der Waals surface area (Å²) in [7, 11) is 0. The van der Waals surface area contributed by atoms with E-state index in [1.807, 2.05) is 0 Å². The number of benzene rings is 1. The van der Waals surface area contributed by atoms with Crippen LogP contribution in [0.5, 0.6) is 0 Å². The maximum atomic E-state index is 11.8. The van der Waals surface area contributed by atoms with Crippen LogP contribution in [0.1, 0.15) is 17.3 Å². The Bertz CT molecular complexity index is 879. The van der Waals surface area contributed by atoms with E-state index in [9.17, 15) is 24.9 Å². The van der Waals surface area contributed by atoms with Gasteiger partial charge in [-0.1, -0.05) is 0 Å². The predicted octanol–water partition coefficient (Wildman–Crippen LogP) is -0.793. The summed E-state index contributed by atoms with van der Waals surface area (Å²) in [4.78, 5) is 23.2. The molecule has 3 rings (SSSR count). The highest BCUT2D eigenvalue weighted by Gasteiger charge is 2.43. The summed E-state index contributed by atoms with van der Waals surface area (Å²) in [5.74, 6) is -0.402. The van der Waals surface area contributed by atoms with Crippen LogP contribution in [-0.4, -0.2) is 63.5 Å². The Morgan fingerprint density at radius 2 is 1.92 bits per heavy atom. The van der Waals surface area contributed by atoms with Crippen LogP contribution in [0.2, 0.25) is 0 Å². The van der Waals surface area contributed by atoms with Gasteiger partial charge in [-0.15, -0.1) is 0 Å². The van der Waals surface area contributed by atoms with Crippen molar-refractivity contribution in [3.63, 3.8) is 0 Å². The number of ether oxygens (including phenoxy) is 1. The van der Waals surface area contributed by atoms with Crippen molar-refractivity contribution in [3.8, 4) is 0 Å². The quantitative estimate of drug-likeness (QED) is 0.347. The molecule has 0 amide bonds. The molecule has 9 nitrogen and oxygen atoms in total. The summed E-state index contributed by atoms with van der Waals surface area (Å²) in [5.41, 5.74) is -0.218. The monoisotopic (exact) mass is 365 g/mol. The third kappa shape index (κ3) is 3.35. The number of fused-ring (bicyclic) bond motifs is 1. The van der Waals surface area contributed by atoms with Crippen LogP contribution in [0.3, 0.4) is 0 Å². The van der Waals surface area contributed by atoms with Gasteiger partial charge in [-0.2, -0.15) is 0 Å². The van der Waals surface area contributed by atoms with Crippen molar-refractivity contribution < 1.29 is 34.4 Å². The highest BCUT2D eigenvalue weighted by atomic mass is 16.6. The van der Waals surface area contributed by atoms with Crippen molar-refractivity contribution >= 4 is 22.4 Å². The second-order valence-electron chi connectivity index (χ2n) is 6.16. The van der Waals surface area contributed by atoms with E-state index in [1.54, 1.807) is 12.1 Å². The molecule has 9 heteroatoms. The standard InChI is InChI=1S/C17H19NO8/c1-7(20)10-4-8-2-3-9(5-11(8)25-16(10)23)18-13-15(22)14(21)12(6-19)26-17(13)24/h2-5,12-15,17-19,21-22,24H,6H2,1H3/t12?,13?,14-,15-,17-/m0/s1. The second kappa shape index (κ2) is 7.14. The molecule has 26 heavy (non-hydrogen) atoms. The van der Waals surface area contributed by atoms with E-state index in [-0.39, 0.29) is 11.1 Å². The lowest BCUT2D eigenvalue weighted by molar-refractivity contribution is -0.245. The molecule has 1 aromatic carbocycles. The Hall–Kier alpha value is -2.30. The van der Waals surface area contributed by atoms with Gasteiger partial charge in [0.25, 0.3) is 0 Å². The summed E-state index contributed by atoms with van der Waals surface area (Å²) in [6, 6.07) is 5.01. The number of aliphatic hydroxyl groups excluding tert-OH is 4. The molecule has 1 aromatic heterocycles. The van der Waals surface area contributed by atoms with Crippen LogP contribution >= 0.6 is 0 Å². The number of anilines is 1. The second-order valence-corrected chi connectivity index (χ2v) is 6.16. The van der Waals surface area contributed by atoms with Gasteiger partial charge in [-0.05, 0) is 25.1 Å². The summed E-state index contributed by atoms with van der Waals surface area (Å²) in [6.45, 7) is 0.715. The number of ketones is 1. The summed E-state index contributed by atoms with van der Waals surface area (Å²) in [5, 5.41) is 42.5. The van der Waals surface area contributed by atoms with Gasteiger partial charge in [0, 0.05) is 17.1 Å². The first-order valence-corrected chi connectivity index (χ1v) is 7.97. The van der Waals surface area contributed by atoms with Crippen molar-refractivity contribution in [2.75, 3.05) is 11.9 Å². The maximum absolute atomic E-state index is 11.8. The first kappa shape index (κ1) is 18.5. The molecule has 0 radical (unpaired) electrons. The molecule has 2 aromatic rings. The van der Waals surface area contributed by atoms with Gasteiger partial charge in [-0.3, -0.25) is 4.79 Å². The Labute approximate surface area is 147 Å². The van der Waals surface area contributed by atoms with Crippen LogP contribution in [0.15, 0.2) is 33.5 Å². The van der Waals surface area contributed by atoms with E-state index in [0.29, 0.717) is 11.1 Å². The third-order valence-corrected chi connectivity index (χ3v) is 4.35. The molecule has 1 fully saturated rings. The number of Topliss-reactive ketones (excluding diaryl/α,β-unsaturated/α-hetero) is 1. The topological polar surface area (TPSA) is 149 Å². The Kier molecular flexibility index (Phi) is 5.08. The van der Waals surface area contributed by atoms with E-state index >= 15 is 0 Å². The lowest BCUT2D eigenvalue weighted by atomic mass is 9.97. The van der Waals surface area contributed by atoms with Gasteiger partial charge in [0.05, 0.1) is 6.61 Å². The van der Waals surface area contributed by atoms with Gasteiger partial charge in [0.15, 0.2) is 12.1 Å². The molecule has 140 valence electrons. The van der Waals surface area contributed by atoms with Gasteiger partial charge in [0.2, 0.25) is 0 Å². The highest BCUT2D eigenvalue weighted by Crippen LogP contribution is 2.25. The van der Waals surface area contributed by atoms with Crippen LogP contribution < -0.4 is 10.9 Å². The van der Waals surface area contributed by atoms with E-state index in [4.69, 9.17) is 14.3 Å². The molecule has 0 saturated carbocycles. The van der Waals surface area contributed by atoms with Gasteiger partial charge >= 0.3 is 5.63 Å². The molecular formula is C17H19NO8. The molecule has 1 aliphatic rings. The predicted molar refractivity (Wildman–Crippen MR) is 89.9 cm³/mol. The number of hydrogen-bond acceptors (Lipinski definition) is 9. The summed E-state index contributed by atoms with van der Waals surface area (Å²) >= 11 is 0. The van der Waals surface area contributed by atoms with Crippen molar-refractivity contribution in [2.45, 2.75) is 37.6 Å². The largest absolute Gasteiger partial charge is 0.422 e. The van der Waals surface area contributed by atoms with Crippen LogP contribution in [0, 0.1) is 0 Å². The van der Waals surface area contributed by atoms with Gasteiger partial charge in [0.1, 0.15) is 35.5 Å². The van der Waals surface area contributed by atoms with Crippen LogP contribution in [-0.2, 0) is 4.74 Å². The SMILES string of the molecule is CC(=O)c1cc2ccc(NC3[C@@H](O)OC(CO)[C@H](O)[C@H]3O)cc2oc1=O. The van der Waals surface area contributed by atoms with Crippen molar-refractivity contribution in [2.24, 2.45) is 0 Å². The zero-order valence-corrected chi connectivity index (χ0v) is 13.8. The fourth-order valence-electron chi connectivity index (χ4n) is 2.89. The average molecular weight is 365 g/mol. The zero-order chi connectivity index (χ0) is 19.0. The smallest absolute Gasteiger partial charge is 0.347 e. The van der Waals surface area contributed by atoms with E-state index in [2.05, 4.69) is 5.32 Å². The average Bonchev–Trinajstić information content (AvgIpc) is 2.60. The van der Waals surface area contributed by atoms with Crippen LogP contribution in [0.4, 0.5) is 5.69 Å². The Morgan fingerprint density at radius 1 is 1.19 bits per heavy atom. The summed E-state index contributed by atoms with van der Waals surface area (Å²) < 4.78 is 10.2. The molecule has 2 heterocycles. The van der Waals surface area contributed by atoms with Crippen molar-refractivity contribution in [1.29, 1.82) is 0 Å². The lowest BCUT2D eigenvalue weighted by Gasteiger charge is -2.40. The van der Waals surface area contributed by atoms with Crippen molar-refractivity contribution in [3.05, 3.63) is 40.2 Å². The number of carbonyl (C=O) groups is 1. The molecule has 0 spiro atoms. The minimum atomic E-state index is -1.48. The number of carbonyl (C=O) groups excluding carboxylic acids is 1. The number of nitrogens with one attached hydrogen (secondary N) is 1. The van der Waals surface area contributed by atoms with E-state index < -0.39 is 48.7 Å². The van der Waals surface area contributed by atoms with Gasteiger partial charge < -0.3 is 34.9 Å². The molecule has 0 aliphatic carbocycles. The van der Waals surface area contributed by atoms with E-state index in [1.165, 1.54) is 19.1 Å². The molecular weight excluding hydrogens is 346 g/mol. The fourth-order valence-corrected chi connectivity index (χ4v) is 2.89. The fraction of sp³-hybridized carbons (Fsp3) is 0.412. The molecule has 1 saturated heterocycles. The van der Waals surface area contributed by atoms with Crippen LogP contribution in [0.25, 0.3) is 11.0 Å². The highest BCUT2D eigenvalue weighted by molar-refractivity contribution is 5.96. The third-order valence-electron chi connectivity index (χ3n) is 4.35. The zero-order valence-electron chi connectivity index (χ0n) is 13.8. The normalized spacial score (nSPS) is 28.9.